The molecule has 14 heavy (non-hydrogen) atoms. The minimum absolute atomic E-state index is 0.125. The molecule has 2 atom stereocenters. The Labute approximate surface area is 88.6 Å². The summed E-state index contributed by atoms with van der Waals surface area (Å²) in [6, 6.07) is 0.720. The quantitative estimate of drug-likeness (QED) is 0.677. The highest BCUT2D eigenvalue weighted by molar-refractivity contribution is 4.71. The number of ether oxygens (including phenoxy) is 1. The number of likely N-dealkylation sites (N-methyl/N-ethyl adjacent to an activating group) is 1. The van der Waals surface area contributed by atoms with E-state index in [2.05, 4.69) is 32.7 Å². The highest BCUT2D eigenvalue weighted by atomic mass is 16.5. The third-order valence-corrected chi connectivity index (χ3v) is 2.47. The van der Waals surface area contributed by atoms with Crippen LogP contribution in [0, 0.1) is 5.92 Å². The summed E-state index contributed by atoms with van der Waals surface area (Å²) in [5.41, 5.74) is 5.89. The van der Waals surface area contributed by atoms with E-state index in [1.54, 1.807) is 7.11 Å². The molecule has 0 saturated heterocycles. The molecule has 0 heterocycles. The second kappa shape index (κ2) is 7.21. The molecule has 0 aromatic rings. The van der Waals surface area contributed by atoms with Gasteiger partial charge in [-0.15, -0.1) is 0 Å². The molecule has 0 aliphatic heterocycles. The molecule has 0 amide bonds. The first-order valence-electron chi connectivity index (χ1n) is 5.42. The largest absolute Gasteiger partial charge is 0.383 e. The highest BCUT2D eigenvalue weighted by Crippen LogP contribution is 2.09. The highest BCUT2D eigenvalue weighted by Gasteiger charge is 2.13. The van der Waals surface area contributed by atoms with Crippen LogP contribution in [0.4, 0.5) is 0 Å². The van der Waals surface area contributed by atoms with E-state index in [-0.39, 0.29) is 6.04 Å². The minimum atomic E-state index is 0.125. The standard InChI is InChI=1S/C11H26N2O/c1-9(2)6-10(3)13(4)7-11(12)8-14-5/h9-11H,6-8,12H2,1-5H3. The predicted molar refractivity (Wildman–Crippen MR) is 61.4 cm³/mol. The normalized spacial score (nSPS) is 16.3. The first-order chi connectivity index (χ1) is 6.47. The maximum Gasteiger partial charge on any atom is 0.0626 e. The summed E-state index contributed by atoms with van der Waals surface area (Å²) in [5.74, 6) is 0.742. The van der Waals surface area contributed by atoms with E-state index in [1.165, 1.54) is 6.42 Å². The average molecular weight is 202 g/mol. The summed E-state index contributed by atoms with van der Waals surface area (Å²) >= 11 is 0. The van der Waals surface area contributed by atoms with Crippen molar-refractivity contribution < 1.29 is 4.74 Å². The van der Waals surface area contributed by atoms with Crippen LogP contribution in [-0.4, -0.2) is 44.3 Å². The summed E-state index contributed by atoms with van der Waals surface area (Å²) < 4.78 is 5.01. The molecule has 0 saturated carbocycles. The molecule has 0 aliphatic carbocycles. The van der Waals surface area contributed by atoms with E-state index in [4.69, 9.17) is 10.5 Å². The lowest BCUT2D eigenvalue weighted by atomic mass is 10.0. The molecule has 0 bridgehead atoms. The molecule has 3 heteroatoms. The van der Waals surface area contributed by atoms with Crippen LogP contribution in [-0.2, 0) is 4.74 Å². The third kappa shape index (κ3) is 6.35. The molecule has 0 spiro atoms. The van der Waals surface area contributed by atoms with Crippen molar-refractivity contribution in [3.63, 3.8) is 0 Å². The fourth-order valence-corrected chi connectivity index (χ4v) is 1.68. The first-order valence-corrected chi connectivity index (χ1v) is 5.42. The summed E-state index contributed by atoms with van der Waals surface area (Å²) in [6.45, 7) is 8.29. The Morgan fingerprint density at radius 1 is 1.29 bits per heavy atom. The molecule has 86 valence electrons. The molecule has 0 radical (unpaired) electrons. The van der Waals surface area contributed by atoms with Crippen molar-refractivity contribution >= 4 is 0 Å². The Morgan fingerprint density at radius 2 is 1.86 bits per heavy atom. The maximum atomic E-state index is 5.89. The lowest BCUT2D eigenvalue weighted by Crippen LogP contribution is -2.42. The van der Waals surface area contributed by atoms with Crippen molar-refractivity contribution in [2.45, 2.75) is 39.3 Å². The van der Waals surface area contributed by atoms with Gasteiger partial charge in [-0.25, -0.2) is 0 Å². The van der Waals surface area contributed by atoms with Gasteiger partial charge in [-0.3, -0.25) is 0 Å². The van der Waals surface area contributed by atoms with Crippen LogP contribution in [0.5, 0.6) is 0 Å². The summed E-state index contributed by atoms with van der Waals surface area (Å²) in [6.07, 6.45) is 1.22. The lowest BCUT2D eigenvalue weighted by molar-refractivity contribution is 0.145. The van der Waals surface area contributed by atoms with E-state index < -0.39 is 0 Å². The smallest absolute Gasteiger partial charge is 0.0626 e. The van der Waals surface area contributed by atoms with Gasteiger partial charge in [0.15, 0.2) is 0 Å². The summed E-state index contributed by atoms with van der Waals surface area (Å²) in [7, 11) is 3.82. The monoisotopic (exact) mass is 202 g/mol. The number of hydrogen-bond donors (Lipinski definition) is 1. The molecule has 3 nitrogen and oxygen atoms in total. The van der Waals surface area contributed by atoms with Gasteiger partial charge in [-0.05, 0) is 26.3 Å². The van der Waals surface area contributed by atoms with E-state index in [9.17, 15) is 0 Å². The molecular weight excluding hydrogens is 176 g/mol. The fraction of sp³-hybridized carbons (Fsp3) is 1.00. The van der Waals surface area contributed by atoms with Crippen molar-refractivity contribution in [3.05, 3.63) is 0 Å². The second-order valence-electron chi connectivity index (χ2n) is 4.63. The Kier molecular flexibility index (Phi) is 7.15. The zero-order chi connectivity index (χ0) is 11.1. The predicted octanol–water partition coefficient (Wildman–Crippen LogP) is 1.33. The summed E-state index contributed by atoms with van der Waals surface area (Å²) in [5, 5.41) is 0. The molecule has 2 N–H and O–H groups in total. The Hall–Kier alpha value is -0.120. The molecule has 2 unspecified atom stereocenters. The molecule has 0 aromatic carbocycles. The Bertz CT molecular complexity index is 139. The van der Waals surface area contributed by atoms with E-state index in [0.717, 1.165) is 12.5 Å². The van der Waals surface area contributed by atoms with Crippen LogP contribution in [0.1, 0.15) is 27.2 Å². The van der Waals surface area contributed by atoms with Crippen molar-refractivity contribution in [2.24, 2.45) is 11.7 Å². The van der Waals surface area contributed by atoms with E-state index in [0.29, 0.717) is 12.6 Å². The molecular formula is C11H26N2O. The first kappa shape index (κ1) is 13.9. The van der Waals surface area contributed by atoms with Gasteiger partial charge in [0.25, 0.3) is 0 Å². The van der Waals surface area contributed by atoms with Crippen molar-refractivity contribution in [1.29, 1.82) is 0 Å². The van der Waals surface area contributed by atoms with Gasteiger partial charge < -0.3 is 15.4 Å². The van der Waals surface area contributed by atoms with Crippen molar-refractivity contribution in [3.8, 4) is 0 Å². The topological polar surface area (TPSA) is 38.5 Å². The number of nitrogens with zero attached hydrogens (tertiary/aromatic N) is 1. The van der Waals surface area contributed by atoms with Crippen LogP contribution < -0.4 is 5.73 Å². The van der Waals surface area contributed by atoms with Crippen LogP contribution >= 0.6 is 0 Å². The minimum Gasteiger partial charge on any atom is -0.383 e. The maximum absolute atomic E-state index is 5.89. The van der Waals surface area contributed by atoms with Crippen LogP contribution in [0.2, 0.25) is 0 Å². The Morgan fingerprint density at radius 3 is 2.29 bits per heavy atom. The lowest BCUT2D eigenvalue weighted by Gasteiger charge is -2.28. The van der Waals surface area contributed by atoms with Gasteiger partial charge in [0.1, 0.15) is 0 Å². The molecule has 0 fully saturated rings. The number of methoxy groups -OCH3 is 1. The zero-order valence-corrected chi connectivity index (χ0v) is 10.3. The van der Waals surface area contributed by atoms with Gasteiger partial charge in [0.2, 0.25) is 0 Å². The van der Waals surface area contributed by atoms with E-state index in [1.807, 2.05) is 0 Å². The molecule has 0 rings (SSSR count). The SMILES string of the molecule is COCC(N)CN(C)C(C)CC(C)C. The van der Waals surface area contributed by atoms with Gasteiger partial charge >= 0.3 is 0 Å². The third-order valence-electron chi connectivity index (χ3n) is 2.47. The second-order valence-corrected chi connectivity index (χ2v) is 4.63. The van der Waals surface area contributed by atoms with Gasteiger partial charge in [0.05, 0.1) is 6.61 Å². The molecule has 0 aliphatic rings. The molecule has 0 aromatic heterocycles. The van der Waals surface area contributed by atoms with Crippen molar-refractivity contribution in [1.82, 2.24) is 4.90 Å². The Balaban J connectivity index is 3.76. The summed E-state index contributed by atoms with van der Waals surface area (Å²) in [4.78, 5) is 2.31. The number of rotatable bonds is 7. The van der Waals surface area contributed by atoms with Crippen LogP contribution in [0.15, 0.2) is 0 Å². The number of hydrogen-bond acceptors (Lipinski definition) is 3. The van der Waals surface area contributed by atoms with E-state index >= 15 is 0 Å². The van der Waals surface area contributed by atoms with Gasteiger partial charge in [-0.1, -0.05) is 13.8 Å². The van der Waals surface area contributed by atoms with Gasteiger partial charge in [0, 0.05) is 25.7 Å². The number of nitrogens with two attached hydrogens (primary N) is 1. The van der Waals surface area contributed by atoms with Crippen LogP contribution in [0.3, 0.4) is 0 Å². The van der Waals surface area contributed by atoms with Gasteiger partial charge in [-0.2, -0.15) is 0 Å². The van der Waals surface area contributed by atoms with Crippen molar-refractivity contribution in [2.75, 3.05) is 27.3 Å². The zero-order valence-electron chi connectivity index (χ0n) is 10.3. The average Bonchev–Trinajstić information content (AvgIpc) is 2.02. The fourth-order valence-electron chi connectivity index (χ4n) is 1.68. The van der Waals surface area contributed by atoms with Crippen LogP contribution in [0.25, 0.3) is 0 Å².